The van der Waals surface area contributed by atoms with E-state index < -0.39 is 0 Å². The highest BCUT2D eigenvalue weighted by atomic mass is 16.5. The fourth-order valence-electron chi connectivity index (χ4n) is 3.91. The van der Waals surface area contributed by atoms with Crippen molar-refractivity contribution in [3.05, 3.63) is 0 Å². The zero-order valence-corrected chi connectivity index (χ0v) is 16.1. The molecule has 0 aromatic rings. The fourth-order valence-corrected chi connectivity index (χ4v) is 3.91. The van der Waals surface area contributed by atoms with E-state index >= 15 is 0 Å². The molecule has 0 radical (unpaired) electrons. The molecule has 1 saturated carbocycles. The van der Waals surface area contributed by atoms with Crippen LogP contribution < -0.4 is 5.73 Å². The van der Waals surface area contributed by atoms with Gasteiger partial charge in [0.05, 0.1) is 6.10 Å². The van der Waals surface area contributed by atoms with Gasteiger partial charge < -0.3 is 10.5 Å². The van der Waals surface area contributed by atoms with E-state index in [1.54, 1.807) is 0 Å². The Hall–Kier alpha value is -0.0800. The van der Waals surface area contributed by atoms with Gasteiger partial charge in [0.1, 0.15) is 0 Å². The van der Waals surface area contributed by atoms with Crippen molar-refractivity contribution in [2.45, 2.75) is 92.6 Å². The molecule has 2 heteroatoms. The summed E-state index contributed by atoms with van der Waals surface area (Å²) in [6.45, 7) is 16.1. The topological polar surface area (TPSA) is 35.2 Å². The lowest BCUT2D eigenvalue weighted by Gasteiger charge is -2.48. The molecule has 2 N–H and O–H groups in total. The standard InChI is InChI=1S/C20H41NO/c1-7-19(3,4)16-11-12-18(22-14-10-9-13-21)17(15-16)20(5,6)8-2/h16-18H,7-15,21H2,1-6H3. The van der Waals surface area contributed by atoms with Crippen molar-refractivity contribution >= 4 is 0 Å². The molecule has 0 heterocycles. The third-order valence-corrected chi connectivity index (χ3v) is 6.65. The van der Waals surface area contributed by atoms with Crippen LogP contribution in [-0.2, 0) is 4.74 Å². The minimum atomic E-state index is 0.376. The van der Waals surface area contributed by atoms with E-state index in [1.165, 1.54) is 32.1 Å². The molecule has 0 aromatic carbocycles. The Morgan fingerprint density at radius 3 is 2.14 bits per heavy atom. The van der Waals surface area contributed by atoms with Gasteiger partial charge in [0.25, 0.3) is 0 Å². The summed E-state index contributed by atoms with van der Waals surface area (Å²) in [5.41, 5.74) is 6.43. The van der Waals surface area contributed by atoms with Crippen molar-refractivity contribution in [1.29, 1.82) is 0 Å². The number of rotatable bonds is 9. The average molecular weight is 312 g/mol. The van der Waals surface area contributed by atoms with E-state index in [4.69, 9.17) is 10.5 Å². The van der Waals surface area contributed by atoms with E-state index in [1.807, 2.05) is 0 Å². The summed E-state index contributed by atoms with van der Waals surface area (Å²) in [4.78, 5) is 0. The van der Waals surface area contributed by atoms with Gasteiger partial charge in [-0.05, 0) is 61.3 Å². The molecule has 1 fully saturated rings. The lowest BCUT2D eigenvalue weighted by atomic mass is 9.60. The van der Waals surface area contributed by atoms with E-state index in [0.29, 0.717) is 22.9 Å². The molecule has 0 aliphatic heterocycles. The van der Waals surface area contributed by atoms with Crippen molar-refractivity contribution in [2.75, 3.05) is 13.2 Å². The Bertz CT molecular complexity index is 311. The minimum absolute atomic E-state index is 0.376. The molecule has 22 heavy (non-hydrogen) atoms. The summed E-state index contributed by atoms with van der Waals surface area (Å²) in [7, 11) is 0. The summed E-state index contributed by atoms with van der Waals surface area (Å²) in [6, 6.07) is 0. The normalized spacial score (nSPS) is 27.1. The first-order valence-corrected chi connectivity index (χ1v) is 9.60. The van der Waals surface area contributed by atoms with Crippen LogP contribution in [0.2, 0.25) is 0 Å². The Kier molecular flexibility index (Phi) is 7.88. The Morgan fingerprint density at radius 2 is 1.59 bits per heavy atom. The summed E-state index contributed by atoms with van der Waals surface area (Å²) in [5.74, 6) is 1.54. The molecule has 2 nitrogen and oxygen atoms in total. The number of nitrogens with two attached hydrogens (primary N) is 1. The molecule has 1 aliphatic rings. The van der Waals surface area contributed by atoms with Crippen LogP contribution in [0.5, 0.6) is 0 Å². The van der Waals surface area contributed by atoms with Gasteiger partial charge >= 0.3 is 0 Å². The first-order chi connectivity index (χ1) is 10.3. The second kappa shape index (κ2) is 8.68. The second-order valence-corrected chi connectivity index (χ2v) is 8.71. The van der Waals surface area contributed by atoms with Gasteiger partial charge in [-0.3, -0.25) is 0 Å². The van der Waals surface area contributed by atoms with Gasteiger partial charge in [-0.25, -0.2) is 0 Å². The molecule has 0 spiro atoms. The third-order valence-electron chi connectivity index (χ3n) is 6.65. The van der Waals surface area contributed by atoms with Crippen LogP contribution in [0.1, 0.15) is 86.5 Å². The lowest BCUT2D eigenvalue weighted by Crippen LogP contribution is -2.43. The average Bonchev–Trinajstić information content (AvgIpc) is 2.51. The van der Waals surface area contributed by atoms with Crippen LogP contribution in [0, 0.1) is 22.7 Å². The molecule has 0 amide bonds. The highest BCUT2D eigenvalue weighted by Gasteiger charge is 2.43. The van der Waals surface area contributed by atoms with Gasteiger partial charge in [0, 0.05) is 6.61 Å². The van der Waals surface area contributed by atoms with E-state index in [9.17, 15) is 0 Å². The molecule has 132 valence electrons. The van der Waals surface area contributed by atoms with Crippen LogP contribution in [0.15, 0.2) is 0 Å². The lowest BCUT2D eigenvalue weighted by molar-refractivity contribution is -0.0804. The summed E-state index contributed by atoms with van der Waals surface area (Å²) < 4.78 is 6.32. The van der Waals surface area contributed by atoms with Gasteiger partial charge in [-0.1, -0.05) is 54.4 Å². The Balaban J connectivity index is 2.73. The maximum atomic E-state index is 6.32. The summed E-state index contributed by atoms with van der Waals surface area (Å²) >= 11 is 0. The number of hydrogen-bond donors (Lipinski definition) is 1. The molecule has 3 unspecified atom stereocenters. The number of unbranched alkanes of at least 4 members (excludes halogenated alkanes) is 1. The van der Waals surface area contributed by atoms with Gasteiger partial charge in [-0.15, -0.1) is 0 Å². The van der Waals surface area contributed by atoms with E-state index in [-0.39, 0.29) is 0 Å². The summed E-state index contributed by atoms with van der Waals surface area (Å²) in [5, 5.41) is 0. The monoisotopic (exact) mass is 311 g/mol. The molecular formula is C20H41NO. The SMILES string of the molecule is CCC(C)(C)C1CCC(OCCCCN)C(C(C)(C)CC)C1. The first-order valence-electron chi connectivity index (χ1n) is 9.60. The van der Waals surface area contributed by atoms with Crippen LogP contribution >= 0.6 is 0 Å². The highest BCUT2D eigenvalue weighted by molar-refractivity contribution is 4.93. The van der Waals surface area contributed by atoms with Crippen LogP contribution in [0.3, 0.4) is 0 Å². The minimum Gasteiger partial charge on any atom is -0.378 e. The smallest absolute Gasteiger partial charge is 0.0608 e. The van der Waals surface area contributed by atoms with Crippen LogP contribution in [-0.4, -0.2) is 19.3 Å². The van der Waals surface area contributed by atoms with Crippen LogP contribution in [0.25, 0.3) is 0 Å². The van der Waals surface area contributed by atoms with E-state index in [2.05, 4.69) is 41.5 Å². The molecule has 0 bridgehead atoms. The zero-order chi connectivity index (χ0) is 16.8. The Labute approximate surface area is 139 Å². The maximum Gasteiger partial charge on any atom is 0.0608 e. The first kappa shape index (κ1) is 20.0. The molecular weight excluding hydrogens is 270 g/mol. The quantitative estimate of drug-likeness (QED) is 0.579. The zero-order valence-electron chi connectivity index (χ0n) is 16.1. The largest absolute Gasteiger partial charge is 0.378 e. The highest BCUT2D eigenvalue weighted by Crippen LogP contribution is 2.49. The van der Waals surface area contributed by atoms with Gasteiger partial charge in [0.15, 0.2) is 0 Å². The number of hydrogen-bond acceptors (Lipinski definition) is 2. The fraction of sp³-hybridized carbons (Fsp3) is 1.00. The molecule has 0 saturated heterocycles. The molecule has 1 rings (SSSR count). The van der Waals surface area contributed by atoms with Crippen molar-refractivity contribution in [2.24, 2.45) is 28.4 Å². The maximum absolute atomic E-state index is 6.32. The van der Waals surface area contributed by atoms with Crippen molar-refractivity contribution in [3.8, 4) is 0 Å². The summed E-state index contributed by atoms with van der Waals surface area (Å²) in [6.07, 6.45) is 9.07. The number of ether oxygens (including phenoxy) is 1. The van der Waals surface area contributed by atoms with Crippen LogP contribution in [0.4, 0.5) is 0 Å². The van der Waals surface area contributed by atoms with Crippen molar-refractivity contribution in [1.82, 2.24) is 0 Å². The molecule has 1 aliphatic carbocycles. The van der Waals surface area contributed by atoms with Crippen molar-refractivity contribution < 1.29 is 4.74 Å². The Morgan fingerprint density at radius 1 is 0.955 bits per heavy atom. The predicted octanol–water partition coefficient (Wildman–Crippen LogP) is 5.40. The van der Waals surface area contributed by atoms with Gasteiger partial charge in [0.2, 0.25) is 0 Å². The molecule has 3 atom stereocenters. The molecule has 0 aromatic heterocycles. The second-order valence-electron chi connectivity index (χ2n) is 8.71. The third kappa shape index (κ3) is 5.23. The van der Waals surface area contributed by atoms with Crippen molar-refractivity contribution in [3.63, 3.8) is 0 Å². The predicted molar refractivity (Wildman–Crippen MR) is 97.0 cm³/mol. The van der Waals surface area contributed by atoms with Gasteiger partial charge in [-0.2, -0.15) is 0 Å². The van der Waals surface area contributed by atoms with E-state index in [0.717, 1.165) is 31.9 Å².